The number of nitrogens with one attached hydrogen (secondary N) is 2. The molecule has 0 saturated carbocycles. The van der Waals surface area contributed by atoms with E-state index in [2.05, 4.69) is 20.5 Å². The number of amides is 2. The highest BCUT2D eigenvalue weighted by Crippen LogP contribution is 2.37. The lowest BCUT2D eigenvalue weighted by molar-refractivity contribution is -0.136. The molecule has 12 heteroatoms. The number of carbonyl (C=O) groups excluding carboxylic acids is 2. The summed E-state index contributed by atoms with van der Waals surface area (Å²) < 4.78 is 18.9. The zero-order chi connectivity index (χ0) is 23.8. The lowest BCUT2D eigenvalue weighted by Crippen LogP contribution is -2.53. The van der Waals surface area contributed by atoms with Gasteiger partial charge in [-0.1, -0.05) is 17.7 Å². The summed E-state index contributed by atoms with van der Waals surface area (Å²) >= 11 is 7.80. The van der Waals surface area contributed by atoms with Crippen molar-refractivity contribution in [3.63, 3.8) is 0 Å². The smallest absolute Gasteiger partial charge is 0.338 e. The molecule has 2 saturated heterocycles. The molecule has 1 aromatic heterocycles. The summed E-state index contributed by atoms with van der Waals surface area (Å²) in [6.45, 7) is 2.89. The molecule has 9 nitrogen and oxygen atoms in total. The Morgan fingerprint density at radius 2 is 2.24 bits per heavy atom. The van der Waals surface area contributed by atoms with Crippen LogP contribution in [0.5, 0.6) is 0 Å². The number of rotatable bonds is 5. The van der Waals surface area contributed by atoms with Crippen molar-refractivity contribution in [2.45, 2.75) is 12.1 Å². The molecule has 4 heterocycles. The maximum atomic E-state index is 13.8. The van der Waals surface area contributed by atoms with Gasteiger partial charge in [0.2, 0.25) is 0 Å². The fraction of sp³-hybridized carbons (Fsp3) is 0.364. The van der Waals surface area contributed by atoms with Crippen LogP contribution in [0.4, 0.5) is 9.18 Å². The maximum Gasteiger partial charge on any atom is 0.338 e. The monoisotopic (exact) mass is 504 g/mol. The Morgan fingerprint density at radius 1 is 1.38 bits per heavy atom. The van der Waals surface area contributed by atoms with E-state index < -0.39 is 17.8 Å². The number of aromatic nitrogens is 1. The van der Waals surface area contributed by atoms with Crippen molar-refractivity contribution in [1.29, 1.82) is 0 Å². The largest absolute Gasteiger partial charge is 0.466 e. The zero-order valence-electron chi connectivity index (χ0n) is 18.3. The quantitative estimate of drug-likeness (QED) is 0.605. The predicted molar refractivity (Wildman–Crippen MR) is 125 cm³/mol. The van der Waals surface area contributed by atoms with Crippen LogP contribution in [-0.2, 0) is 9.53 Å². The van der Waals surface area contributed by atoms with Crippen molar-refractivity contribution < 1.29 is 18.7 Å². The van der Waals surface area contributed by atoms with Gasteiger partial charge in [0.25, 0.3) is 0 Å². The van der Waals surface area contributed by atoms with Gasteiger partial charge in [-0.25, -0.2) is 19.0 Å². The number of hydrogen-bond donors (Lipinski definition) is 2. The van der Waals surface area contributed by atoms with Crippen LogP contribution in [0.1, 0.15) is 16.6 Å². The summed E-state index contributed by atoms with van der Waals surface area (Å²) in [5.74, 6) is -0.529. The molecule has 0 bridgehead atoms. The van der Waals surface area contributed by atoms with E-state index in [1.807, 2.05) is 10.3 Å². The third-order valence-corrected chi connectivity index (χ3v) is 7.23. The van der Waals surface area contributed by atoms with E-state index in [0.29, 0.717) is 60.4 Å². The SMILES string of the molecule is COC(=O)C1=C(CN2CCN3C(=O)NCC3C2)NC(c2nccs2)=NC1c1ccc(F)cc1Cl. The average molecular weight is 505 g/mol. The van der Waals surface area contributed by atoms with E-state index in [-0.39, 0.29) is 17.1 Å². The van der Waals surface area contributed by atoms with Crippen molar-refractivity contribution in [3.05, 3.63) is 62.5 Å². The minimum Gasteiger partial charge on any atom is -0.466 e. The molecule has 2 amide bonds. The first kappa shape index (κ1) is 22.8. The molecule has 1 aromatic carbocycles. The summed E-state index contributed by atoms with van der Waals surface area (Å²) in [6.07, 6.45) is 1.67. The van der Waals surface area contributed by atoms with Crippen molar-refractivity contribution in [2.75, 3.05) is 39.8 Å². The number of methoxy groups -OCH3 is 1. The maximum absolute atomic E-state index is 13.8. The van der Waals surface area contributed by atoms with Gasteiger partial charge in [0.1, 0.15) is 11.9 Å². The normalized spacial score (nSPS) is 22.7. The number of hydrogen-bond acceptors (Lipinski definition) is 8. The molecular formula is C22H22ClFN6O3S. The Balaban J connectivity index is 1.54. The minimum atomic E-state index is -0.799. The van der Waals surface area contributed by atoms with Crippen molar-refractivity contribution in [3.8, 4) is 0 Å². The summed E-state index contributed by atoms with van der Waals surface area (Å²) in [5, 5.41) is 8.82. The number of piperazine rings is 1. The molecule has 2 fully saturated rings. The first-order valence-electron chi connectivity index (χ1n) is 10.7. The highest BCUT2D eigenvalue weighted by Gasteiger charge is 2.38. The molecule has 2 aromatic rings. The fourth-order valence-electron chi connectivity index (χ4n) is 4.50. The highest BCUT2D eigenvalue weighted by atomic mass is 35.5. The van der Waals surface area contributed by atoms with Crippen LogP contribution in [0.15, 0.2) is 46.0 Å². The lowest BCUT2D eigenvalue weighted by Gasteiger charge is -2.38. The number of thiazole rings is 1. The van der Waals surface area contributed by atoms with Gasteiger partial charge in [0.15, 0.2) is 10.8 Å². The topological polar surface area (TPSA) is 99.2 Å². The predicted octanol–water partition coefficient (Wildman–Crippen LogP) is 2.16. The van der Waals surface area contributed by atoms with E-state index in [4.69, 9.17) is 21.3 Å². The summed E-state index contributed by atoms with van der Waals surface area (Å²) in [5.41, 5.74) is 1.41. The van der Waals surface area contributed by atoms with Crippen molar-refractivity contribution >= 4 is 40.8 Å². The van der Waals surface area contributed by atoms with Gasteiger partial charge in [-0.3, -0.25) is 9.89 Å². The first-order valence-corrected chi connectivity index (χ1v) is 12.0. The van der Waals surface area contributed by atoms with Gasteiger partial charge in [-0.2, -0.15) is 0 Å². The standard InChI is InChI=1S/C22H22ClFN6O3S/c1-33-21(31)17-16(11-29-5-6-30-13(10-29)9-26-22(30)32)27-19(20-25-4-7-34-20)28-18(17)14-3-2-12(24)8-15(14)23/h2-4,7-8,13,18H,5-6,9-11H2,1H3,(H,26,32)(H,27,28). The fourth-order valence-corrected chi connectivity index (χ4v) is 5.36. The Kier molecular flexibility index (Phi) is 6.24. The van der Waals surface area contributed by atoms with Crippen LogP contribution in [-0.4, -0.2) is 78.5 Å². The number of halogens is 2. The van der Waals surface area contributed by atoms with Gasteiger partial charge in [0, 0.05) is 60.6 Å². The number of urea groups is 1. The number of benzene rings is 1. The minimum absolute atomic E-state index is 0.0425. The van der Waals surface area contributed by atoms with E-state index in [9.17, 15) is 14.0 Å². The van der Waals surface area contributed by atoms with Crippen LogP contribution < -0.4 is 10.6 Å². The second-order valence-corrected chi connectivity index (χ2v) is 9.46. The molecule has 2 atom stereocenters. The number of fused-ring (bicyclic) bond motifs is 1. The molecule has 5 rings (SSSR count). The summed E-state index contributed by atoms with van der Waals surface area (Å²) in [6, 6.07) is 3.26. The van der Waals surface area contributed by atoms with Crippen LogP contribution in [0.25, 0.3) is 0 Å². The van der Waals surface area contributed by atoms with Gasteiger partial charge in [0.05, 0.1) is 18.7 Å². The Morgan fingerprint density at radius 3 is 2.97 bits per heavy atom. The number of nitrogens with zero attached hydrogens (tertiary/aromatic N) is 4. The molecule has 178 valence electrons. The van der Waals surface area contributed by atoms with Crippen molar-refractivity contribution in [2.24, 2.45) is 4.99 Å². The third kappa shape index (κ3) is 4.26. The van der Waals surface area contributed by atoms with Crippen LogP contribution >= 0.6 is 22.9 Å². The number of esters is 1. The molecule has 0 radical (unpaired) electrons. The van der Waals surface area contributed by atoms with E-state index in [0.717, 1.165) is 0 Å². The number of ether oxygens (including phenoxy) is 1. The van der Waals surface area contributed by atoms with Gasteiger partial charge >= 0.3 is 12.0 Å². The summed E-state index contributed by atoms with van der Waals surface area (Å²) in [4.78, 5) is 38.1. The van der Waals surface area contributed by atoms with E-state index in [1.165, 1.54) is 36.6 Å². The molecule has 34 heavy (non-hydrogen) atoms. The summed E-state index contributed by atoms with van der Waals surface area (Å²) in [7, 11) is 1.31. The Bertz CT molecular complexity index is 1190. The zero-order valence-corrected chi connectivity index (χ0v) is 19.8. The second kappa shape index (κ2) is 9.32. The molecule has 0 spiro atoms. The molecular weight excluding hydrogens is 483 g/mol. The lowest BCUT2D eigenvalue weighted by atomic mass is 9.95. The van der Waals surface area contributed by atoms with Gasteiger partial charge < -0.3 is 20.3 Å². The first-order chi connectivity index (χ1) is 16.4. The number of aliphatic imine (C=N–C) groups is 1. The third-order valence-electron chi connectivity index (χ3n) is 6.12. The molecule has 0 aliphatic carbocycles. The van der Waals surface area contributed by atoms with Crippen LogP contribution in [0.3, 0.4) is 0 Å². The Hall–Kier alpha value is -3.02. The number of amidine groups is 1. The average Bonchev–Trinajstić information content (AvgIpc) is 3.49. The second-order valence-electron chi connectivity index (χ2n) is 8.16. The highest BCUT2D eigenvalue weighted by molar-refractivity contribution is 7.11. The van der Waals surface area contributed by atoms with Crippen LogP contribution in [0.2, 0.25) is 5.02 Å². The molecule has 2 N–H and O–H groups in total. The number of carbonyl (C=O) groups is 2. The van der Waals surface area contributed by atoms with Crippen molar-refractivity contribution in [1.82, 2.24) is 25.4 Å². The van der Waals surface area contributed by atoms with E-state index >= 15 is 0 Å². The molecule has 2 unspecified atom stereocenters. The molecule has 3 aliphatic rings. The van der Waals surface area contributed by atoms with Crippen LogP contribution in [0, 0.1) is 5.82 Å². The Labute approximate surface area is 204 Å². The molecule has 3 aliphatic heterocycles. The van der Waals surface area contributed by atoms with Gasteiger partial charge in [-0.15, -0.1) is 11.3 Å². The van der Waals surface area contributed by atoms with Gasteiger partial charge in [-0.05, 0) is 12.1 Å². The van der Waals surface area contributed by atoms with E-state index in [1.54, 1.807) is 6.20 Å².